The van der Waals surface area contributed by atoms with Crippen molar-refractivity contribution >= 4 is 27.3 Å². The van der Waals surface area contributed by atoms with Crippen molar-refractivity contribution in [3.8, 4) is 0 Å². The quantitative estimate of drug-likeness (QED) is 0.526. The van der Waals surface area contributed by atoms with Crippen molar-refractivity contribution in [2.45, 2.75) is 0 Å². The first-order chi connectivity index (χ1) is 3.42. The summed E-state index contributed by atoms with van der Waals surface area (Å²) in [5.41, 5.74) is -1.47. The van der Waals surface area contributed by atoms with Crippen molar-refractivity contribution in [3.05, 3.63) is 0 Å². The van der Waals surface area contributed by atoms with Crippen LogP contribution >= 0.6 is 11.6 Å². The zero-order valence-electron chi connectivity index (χ0n) is 3.50. The van der Waals surface area contributed by atoms with E-state index in [0.717, 1.165) is 0 Å². The fraction of sp³-hybridized carbons (Fsp3) is 0. The Labute approximate surface area is 50.6 Å². The number of carbonyl (C=O) groups excluding carboxylic acids is 1. The second-order valence-electron chi connectivity index (χ2n) is 0.814. The fourth-order valence-electron chi connectivity index (χ4n) is 0.0913. The van der Waals surface area contributed by atoms with Gasteiger partial charge in [0.1, 0.15) is 0 Å². The first-order valence-electron chi connectivity index (χ1n) is 1.33. The maximum Gasteiger partial charge on any atom is 0.420 e. The lowest BCUT2D eigenvalue weighted by molar-refractivity contribution is 0.227. The summed E-state index contributed by atoms with van der Waals surface area (Å²) >= 11 is 4.44. The number of carbonyl (C=O) groups is 1. The maximum atomic E-state index is 9.69. The summed E-state index contributed by atoms with van der Waals surface area (Å²) < 4.78 is 22.7. The number of nitrogens with two attached hydrogens (primary N) is 1. The molecule has 0 aliphatic heterocycles. The third kappa shape index (κ3) is 5.67. The van der Waals surface area contributed by atoms with Crippen LogP contribution in [0, 0.1) is 0 Å². The zero-order valence-corrected chi connectivity index (χ0v) is 5.07. The summed E-state index contributed by atoms with van der Waals surface area (Å²) in [4.78, 5) is 9.54. The molecule has 0 aliphatic carbocycles. The molecule has 0 bridgehead atoms. The molecule has 0 saturated carbocycles. The van der Waals surface area contributed by atoms with Gasteiger partial charge >= 0.3 is 15.7 Å². The Morgan fingerprint density at radius 3 is 2.00 bits per heavy atom. The van der Waals surface area contributed by atoms with Crippen LogP contribution in [0.5, 0.6) is 0 Å². The van der Waals surface area contributed by atoms with E-state index in [1.54, 1.807) is 0 Å². The van der Waals surface area contributed by atoms with Crippen LogP contribution < -0.4 is 5.14 Å². The van der Waals surface area contributed by atoms with Crippen LogP contribution in [0.2, 0.25) is 0 Å². The van der Waals surface area contributed by atoms with E-state index in [-0.39, 0.29) is 0 Å². The van der Waals surface area contributed by atoms with Crippen LogP contribution in [-0.2, 0) is 14.5 Å². The first-order valence-corrected chi connectivity index (χ1v) is 3.18. The molecule has 2 N–H and O–H groups in total. The van der Waals surface area contributed by atoms with Gasteiger partial charge in [-0.05, 0) is 0 Å². The highest BCUT2D eigenvalue weighted by molar-refractivity contribution is 7.84. The largest absolute Gasteiger partial charge is 0.420 e. The van der Waals surface area contributed by atoms with Crippen LogP contribution in [0.3, 0.4) is 0 Å². The monoisotopic (exact) mass is 159 g/mol. The predicted octanol–water partition coefficient (Wildman–Crippen LogP) is -0.435. The molecule has 0 aromatic carbocycles. The van der Waals surface area contributed by atoms with Crippen molar-refractivity contribution < 1.29 is 17.4 Å². The van der Waals surface area contributed by atoms with Crippen LogP contribution in [0.25, 0.3) is 0 Å². The van der Waals surface area contributed by atoms with Gasteiger partial charge in [0, 0.05) is 11.6 Å². The molecule has 0 atom stereocenters. The van der Waals surface area contributed by atoms with Gasteiger partial charge in [-0.1, -0.05) is 0 Å². The lowest BCUT2D eigenvalue weighted by Gasteiger charge is -1.89. The third-order valence-electron chi connectivity index (χ3n) is 0.182. The maximum absolute atomic E-state index is 9.69. The van der Waals surface area contributed by atoms with Crippen LogP contribution in [0.1, 0.15) is 0 Å². The minimum absolute atomic E-state index is 1.47. The molecule has 8 heavy (non-hydrogen) atoms. The summed E-state index contributed by atoms with van der Waals surface area (Å²) in [7, 11) is -4.20. The number of halogens is 1. The highest BCUT2D eigenvalue weighted by atomic mass is 35.5. The van der Waals surface area contributed by atoms with Gasteiger partial charge in [0.25, 0.3) is 0 Å². The second-order valence-corrected chi connectivity index (χ2v) is 2.27. The molecule has 0 heterocycles. The van der Waals surface area contributed by atoms with E-state index in [2.05, 4.69) is 20.9 Å². The van der Waals surface area contributed by atoms with Gasteiger partial charge in [-0.25, -0.2) is 4.79 Å². The Balaban J connectivity index is 3.95. The molecule has 0 aromatic heterocycles. The van der Waals surface area contributed by atoms with E-state index in [1.807, 2.05) is 0 Å². The Kier molecular flexibility index (Phi) is 2.20. The zero-order chi connectivity index (χ0) is 6.78. The van der Waals surface area contributed by atoms with Gasteiger partial charge in [-0.15, -0.1) is 0 Å². The fourth-order valence-corrected chi connectivity index (χ4v) is 0.537. The Hall–Kier alpha value is -0.330. The van der Waals surface area contributed by atoms with E-state index in [9.17, 15) is 13.2 Å². The first kappa shape index (κ1) is 7.67. The molecule has 0 fully saturated rings. The van der Waals surface area contributed by atoms with Gasteiger partial charge in [-0.2, -0.15) is 13.6 Å². The Bertz CT molecular complexity index is 182. The van der Waals surface area contributed by atoms with Gasteiger partial charge in [0.2, 0.25) is 0 Å². The standard InChI is InChI=1S/CH2ClNO4S/c2-1(4)7-8(3,5)6/h(H2,3,5,6). The van der Waals surface area contributed by atoms with Crippen molar-refractivity contribution in [1.82, 2.24) is 0 Å². The van der Waals surface area contributed by atoms with E-state index in [0.29, 0.717) is 0 Å². The Morgan fingerprint density at radius 2 is 2.00 bits per heavy atom. The summed E-state index contributed by atoms with van der Waals surface area (Å²) in [6, 6.07) is 0. The van der Waals surface area contributed by atoms with Crippen LogP contribution in [0.4, 0.5) is 4.79 Å². The van der Waals surface area contributed by atoms with Gasteiger partial charge in [0.15, 0.2) is 0 Å². The van der Waals surface area contributed by atoms with E-state index >= 15 is 0 Å². The summed E-state index contributed by atoms with van der Waals surface area (Å²) in [5, 5.41) is 4.18. The highest BCUT2D eigenvalue weighted by Gasteiger charge is 2.06. The molecule has 0 rings (SSSR count). The molecule has 0 amide bonds. The predicted molar refractivity (Wildman–Crippen MR) is 25.4 cm³/mol. The topological polar surface area (TPSA) is 86.5 Å². The molecule has 48 valence electrons. The lowest BCUT2D eigenvalue weighted by Crippen LogP contribution is -2.16. The van der Waals surface area contributed by atoms with Gasteiger partial charge in [0.05, 0.1) is 0 Å². The molecule has 0 aromatic rings. The van der Waals surface area contributed by atoms with Crippen LogP contribution in [0.15, 0.2) is 0 Å². The van der Waals surface area contributed by atoms with E-state index in [4.69, 9.17) is 0 Å². The molecule has 0 radical (unpaired) electrons. The minimum Gasteiger partial charge on any atom is -0.320 e. The lowest BCUT2D eigenvalue weighted by atomic mass is 11.6. The highest BCUT2D eigenvalue weighted by Crippen LogP contribution is 1.89. The molecular formula is CH2ClNO4S. The average Bonchev–Trinajstić information content (AvgIpc) is 1.21. The normalized spacial score (nSPS) is 10.8. The van der Waals surface area contributed by atoms with Gasteiger partial charge in [-0.3, -0.25) is 0 Å². The SMILES string of the molecule is NS(=O)(=O)OC(=O)Cl. The second kappa shape index (κ2) is 2.29. The molecule has 5 nitrogen and oxygen atoms in total. The molecular weight excluding hydrogens is 158 g/mol. The van der Waals surface area contributed by atoms with Crippen LogP contribution in [-0.4, -0.2) is 13.8 Å². The smallest absolute Gasteiger partial charge is 0.320 e. The van der Waals surface area contributed by atoms with Crippen molar-refractivity contribution in [1.29, 1.82) is 0 Å². The molecule has 0 saturated heterocycles. The minimum atomic E-state index is -4.20. The molecule has 0 spiro atoms. The van der Waals surface area contributed by atoms with E-state index < -0.39 is 15.7 Å². The molecule has 0 unspecified atom stereocenters. The average molecular weight is 160 g/mol. The Morgan fingerprint density at radius 1 is 1.62 bits per heavy atom. The number of hydrogen-bond donors (Lipinski definition) is 1. The van der Waals surface area contributed by atoms with E-state index in [1.165, 1.54) is 0 Å². The van der Waals surface area contributed by atoms with Crippen molar-refractivity contribution in [2.75, 3.05) is 0 Å². The van der Waals surface area contributed by atoms with Gasteiger partial charge < -0.3 is 4.18 Å². The number of rotatable bonds is 1. The molecule has 7 heteroatoms. The summed E-state index contributed by atoms with van der Waals surface area (Å²) in [5.74, 6) is 0. The van der Waals surface area contributed by atoms with Crippen molar-refractivity contribution in [3.63, 3.8) is 0 Å². The molecule has 0 aliphatic rings. The number of hydrogen-bond acceptors (Lipinski definition) is 4. The van der Waals surface area contributed by atoms with Crippen molar-refractivity contribution in [2.24, 2.45) is 5.14 Å². The third-order valence-corrected chi connectivity index (χ3v) is 0.734. The summed E-state index contributed by atoms with van der Waals surface area (Å²) in [6.45, 7) is 0. The summed E-state index contributed by atoms with van der Waals surface area (Å²) in [6.07, 6.45) is 0.